The Bertz CT molecular complexity index is 111. The Morgan fingerprint density at radius 1 is 1.58 bits per heavy atom. The lowest BCUT2D eigenvalue weighted by Crippen LogP contribution is -1.92. The van der Waals surface area contributed by atoms with E-state index in [9.17, 15) is 10.1 Å². The van der Waals surface area contributed by atoms with Gasteiger partial charge in [0.25, 0.3) is 0 Å². The molecule has 0 unspecified atom stereocenters. The summed E-state index contributed by atoms with van der Waals surface area (Å²) in [4.78, 5) is 8.80. The first-order chi connectivity index (χ1) is 5.10. The minimum absolute atomic E-state index is 0. The molecule has 6 nitrogen and oxygen atoms in total. The van der Waals surface area contributed by atoms with Crippen molar-refractivity contribution in [3.8, 4) is 6.07 Å². The molecule has 0 rings (SSSR count). The third-order valence-electron chi connectivity index (χ3n) is 0.258. The first-order valence-electron chi connectivity index (χ1n) is 3.14. The highest BCUT2D eigenvalue weighted by molar-refractivity contribution is 4.51. The van der Waals surface area contributed by atoms with Gasteiger partial charge >= 0.3 is 0 Å². The number of nitro groups is 1. The van der Waals surface area contributed by atoms with E-state index in [1.54, 1.807) is 13.0 Å². The molecule has 0 spiro atoms. The zero-order valence-electron chi connectivity index (χ0n) is 7.57. The maximum absolute atomic E-state index is 9.17. The summed E-state index contributed by atoms with van der Waals surface area (Å²) in [7, 11) is 0. The van der Waals surface area contributed by atoms with Crippen LogP contribution in [0.15, 0.2) is 0 Å². The van der Waals surface area contributed by atoms with E-state index >= 15 is 0 Å². The van der Waals surface area contributed by atoms with Gasteiger partial charge < -0.3 is 10.6 Å². The first-order valence-corrected chi connectivity index (χ1v) is 3.14. The molecule has 0 saturated carbocycles. The van der Waals surface area contributed by atoms with Gasteiger partial charge in [-0.2, -0.15) is 5.26 Å². The predicted octanol–water partition coefficient (Wildman–Crippen LogP) is -0.0132. The zero-order chi connectivity index (χ0) is 9.70. The molecule has 0 aliphatic heterocycles. The molecule has 0 amide bonds. The van der Waals surface area contributed by atoms with Gasteiger partial charge in [-0.1, -0.05) is 0 Å². The number of nitrogens with zero attached hydrogens (tertiary/aromatic N) is 2. The molecule has 6 heteroatoms. The van der Waals surface area contributed by atoms with Crippen molar-refractivity contribution < 1.29 is 15.5 Å². The molecule has 12 heavy (non-hydrogen) atoms. The number of nitriles is 1. The average Bonchev–Trinajstić information content (AvgIpc) is 1.91. The molecule has 0 fully saturated rings. The highest BCUT2D eigenvalue weighted by atomic mass is 16.6. The normalized spacial score (nSPS) is 5.25. The van der Waals surface area contributed by atoms with E-state index in [0.717, 1.165) is 0 Å². The minimum Gasteiger partial charge on any atom is -0.412 e. The fraction of sp³-hybridized carbons (Fsp3) is 0.833. The second kappa shape index (κ2) is 32.9. The molecule has 0 aliphatic rings. The van der Waals surface area contributed by atoms with E-state index in [1.807, 2.05) is 0 Å². The summed E-state index contributed by atoms with van der Waals surface area (Å²) >= 11 is 0. The fourth-order valence-corrected chi connectivity index (χ4v) is 0. The van der Waals surface area contributed by atoms with Crippen LogP contribution in [0, 0.1) is 21.4 Å². The summed E-state index contributed by atoms with van der Waals surface area (Å²) in [6.07, 6.45) is 0. The summed E-state index contributed by atoms with van der Waals surface area (Å²) in [6.45, 7) is 4.89. The standard InChI is InChI=1S/C2H5NO2.C2H3N.C2H6O.H2O/c1-2-3(4)5;2*1-2-3;/h2H2,1H3;1H3;3H,2H2,1H3;1H2. The van der Waals surface area contributed by atoms with E-state index in [0.29, 0.717) is 0 Å². The van der Waals surface area contributed by atoms with Crippen LogP contribution in [-0.2, 0) is 0 Å². The third kappa shape index (κ3) is 819. The molecule has 0 aliphatic carbocycles. The topological polar surface area (TPSA) is 119 Å². The van der Waals surface area contributed by atoms with Crippen molar-refractivity contribution in [1.29, 1.82) is 5.26 Å². The SMILES string of the molecule is CC#N.CCO.CC[N+](=O)[O-].O. The molecule has 0 aromatic heterocycles. The molecule has 0 heterocycles. The average molecular weight is 180 g/mol. The van der Waals surface area contributed by atoms with Crippen molar-refractivity contribution in [2.45, 2.75) is 20.8 Å². The van der Waals surface area contributed by atoms with Crippen molar-refractivity contribution in [3.63, 3.8) is 0 Å². The maximum Gasteiger partial charge on any atom is 0.201 e. The first kappa shape index (κ1) is 22.4. The van der Waals surface area contributed by atoms with Crippen LogP contribution >= 0.6 is 0 Å². The van der Waals surface area contributed by atoms with Gasteiger partial charge in [0, 0.05) is 25.4 Å². The molecule has 0 saturated heterocycles. The smallest absolute Gasteiger partial charge is 0.201 e. The van der Waals surface area contributed by atoms with E-state index in [2.05, 4.69) is 0 Å². The summed E-state index contributed by atoms with van der Waals surface area (Å²) in [6, 6.07) is 1.75. The van der Waals surface area contributed by atoms with Gasteiger partial charge in [-0.15, -0.1) is 0 Å². The van der Waals surface area contributed by atoms with Crippen molar-refractivity contribution in [2.24, 2.45) is 0 Å². The molecule has 74 valence electrons. The van der Waals surface area contributed by atoms with Crippen LogP contribution in [0.4, 0.5) is 0 Å². The molecule has 0 radical (unpaired) electrons. The highest BCUT2D eigenvalue weighted by Crippen LogP contribution is 1.57. The Morgan fingerprint density at radius 3 is 1.67 bits per heavy atom. The number of aliphatic hydroxyl groups is 1. The molecule has 0 bridgehead atoms. The van der Waals surface area contributed by atoms with Crippen LogP contribution < -0.4 is 0 Å². The number of rotatable bonds is 1. The van der Waals surface area contributed by atoms with Crippen molar-refractivity contribution in [1.82, 2.24) is 0 Å². The fourth-order valence-electron chi connectivity index (χ4n) is 0. The van der Waals surface area contributed by atoms with Crippen molar-refractivity contribution >= 4 is 0 Å². The Kier molecular flexibility index (Phi) is 61.5. The quantitative estimate of drug-likeness (QED) is 0.450. The highest BCUT2D eigenvalue weighted by Gasteiger charge is 1.76. The molecular formula is C6H16N2O4. The molecule has 3 N–H and O–H groups in total. The number of hydrogen-bond donors (Lipinski definition) is 1. The van der Waals surface area contributed by atoms with Crippen molar-refractivity contribution in [3.05, 3.63) is 10.1 Å². The minimum atomic E-state index is -0.375. The maximum atomic E-state index is 9.17. The second-order valence-electron chi connectivity index (χ2n) is 1.19. The van der Waals surface area contributed by atoms with Crippen LogP contribution in [0.2, 0.25) is 0 Å². The van der Waals surface area contributed by atoms with Crippen LogP contribution in [0.3, 0.4) is 0 Å². The number of aliphatic hydroxyl groups excluding tert-OH is 1. The van der Waals surface area contributed by atoms with Gasteiger partial charge in [-0.3, -0.25) is 10.1 Å². The summed E-state index contributed by atoms with van der Waals surface area (Å²) in [5.41, 5.74) is 0. The Balaban J connectivity index is -0.0000000406. The van der Waals surface area contributed by atoms with Gasteiger partial charge in [0.2, 0.25) is 6.54 Å². The Labute approximate surface area is 71.9 Å². The van der Waals surface area contributed by atoms with E-state index in [-0.39, 0.29) is 23.6 Å². The largest absolute Gasteiger partial charge is 0.412 e. The molecule has 0 atom stereocenters. The van der Waals surface area contributed by atoms with Gasteiger partial charge in [0.15, 0.2) is 0 Å². The van der Waals surface area contributed by atoms with Crippen LogP contribution in [0.25, 0.3) is 0 Å². The summed E-state index contributed by atoms with van der Waals surface area (Å²) in [5, 5.41) is 24.1. The number of hydrogen-bond acceptors (Lipinski definition) is 4. The van der Waals surface area contributed by atoms with Crippen LogP contribution in [-0.4, -0.2) is 28.7 Å². The zero-order valence-corrected chi connectivity index (χ0v) is 7.57. The van der Waals surface area contributed by atoms with Crippen molar-refractivity contribution in [2.75, 3.05) is 13.2 Å². The van der Waals surface area contributed by atoms with E-state index < -0.39 is 0 Å². The summed E-state index contributed by atoms with van der Waals surface area (Å²) in [5.74, 6) is 0. The van der Waals surface area contributed by atoms with Gasteiger partial charge in [-0.25, -0.2) is 0 Å². The van der Waals surface area contributed by atoms with Gasteiger partial charge in [-0.05, 0) is 6.92 Å². The van der Waals surface area contributed by atoms with Gasteiger partial charge in [0.1, 0.15) is 0 Å². The molecule has 0 aromatic carbocycles. The Hall–Kier alpha value is -1.19. The lowest BCUT2D eigenvalue weighted by atomic mass is 10.8. The van der Waals surface area contributed by atoms with Crippen LogP contribution in [0.5, 0.6) is 0 Å². The third-order valence-corrected chi connectivity index (χ3v) is 0.258. The van der Waals surface area contributed by atoms with E-state index in [4.69, 9.17) is 10.4 Å². The lowest BCUT2D eigenvalue weighted by molar-refractivity contribution is -0.475. The molecular weight excluding hydrogens is 164 g/mol. The van der Waals surface area contributed by atoms with E-state index in [1.165, 1.54) is 13.8 Å². The second-order valence-corrected chi connectivity index (χ2v) is 1.19. The van der Waals surface area contributed by atoms with Gasteiger partial charge in [0.05, 0.1) is 6.07 Å². The predicted molar refractivity (Wildman–Crippen MR) is 45.2 cm³/mol. The monoisotopic (exact) mass is 180 g/mol. The summed E-state index contributed by atoms with van der Waals surface area (Å²) < 4.78 is 0. The lowest BCUT2D eigenvalue weighted by Gasteiger charge is -1.73. The molecule has 0 aromatic rings. The van der Waals surface area contributed by atoms with Crippen LogP contribution in [0.1, 0.15) is 20.8 Å². The Morgan fingerprint density at radius 2 is 1.67 bits per heavy atom.